The largest absolute Gasteiger partial charge is 0.453 e. The third kappa shape index (κ3) is 3.96. The number of hydrogen-bond donors (Lipinski definition) is 0. The molecule has 0 aliphatic carbocycles. The summed E-state index contributed by atoms with van der Waals surface area (Å²) in [7, 11) is 0. The highest BCUT2D eigenvalue weighted by Crippen LogP contribution is 2.32. The second kappa shape index (κ2) is 8.40. The first kappa shape index (κ1) is 20.9. The first-order chi connectivity index (χ1) is 14.3. The smallest absolute Gasteiger partial charge is 0.348 e. The van der Waals surface area contributed by atoms with Crippen LogP contribution < -0.4 is 0 Å². The van der Waals surface area contributed by atoms with Crippen LogP contribution in [0, 0.1) is 6.92 Å². The molecule has 5 nitrogen and oxygen atoms in total. The Kier molecular flexibility index (Phi) is 5.84. The summed E-state index contributed by atoms with van der Waals surface area (Å²) in [6.45, 7) is 1.42. The Morgan fingerprint density at radius 1 is 1.07 bits per heavy atom. The van der Waals surface area contributed by atoms with E-state index in [-0.39, 0.29) is 10.6 Å². The molecule has 9 heteroatoms. The number of nitrogens with zero attached hydrogens (tertiary/aromatic N) is 2. The molecular formula is C21H13Cl3N2O3S. The number of ketones is 1. The van der Waals surface area contributed by atoms with Gasteiger partial charge in [0, 0.05) is 16.0 Å². The zero-order chi connectivity index (χ0) is 21.4. The molecule has 0 N–H and O–H groups in total. The van der Waals surface area contributed by atoms with Gasteiger partial charge in [-0.15, -0.1) is 11.3 Å². The molecule has 0 amide bonds. The van der Waals surface area contributed by atoms with Crippen molar-refractivity contribution in [2.24, 2.45) is 0 Å². The Bertz CT molecular complexity index is 1300. The first-order valence-corrected chi connectivity index (χ1v) is 10.7. The fraction of sp³-hybridized carbons (Fsp3) is 0.0952. The molecule has 0 spiro atoms. The molecule has 4 aromatic rings. The van der Waals surface area contributed by atoms with Crippen molar-refractivity contribution in [3.05, 3.63) is 79.7 Å². The minimum Gasteiger partial charge on any atom is -0.453 e. The Balaban J connectivity index is 1.56. The molecule has 0 saturated heterocycles. The Hall–Kier alpha value is -2.38. The lowest BCUT2D eigenvalue weighted by atomic mass is 10.1. The predicted octanol–water partition coefficient (Wildman–Crippen LogP) is 6.40. The van der Waals surface area contributed by atoms with E-state index in [0.717, 1.165) is 15.9 Å². The van der Waals surface area contributed by atoms with Crippen molar-refractivity contribution < 1.29 is 14.3 Å². The van der Waals surface area contributed by atoms with Crippen LogP contribution in [0.15, 0.2) is 48.5 Å². The summed E-state index contributed by atoms with van der Waals surface area (Å²) in [6.07, 6.45) is 0. The van der Waals surface area contributed by atoms with Gasteiger partial charge in [-0.05, 0) is 43.3 Å². The zero-order valence-corrected chi connectivity index (χ0v) is 18.6. The van der Waals surface area contributed by atoms with Crippen molar-refractivity contribution in [3.63, 3.8) is 0 Å². The number of rotatable bonds is 5. The predicted molar refractivity (Wildman–Crippen MR) is 120 cm³/mol. The topological polar surface area (TPSA) is 61.2 Å². The van der Waals surface area contributed by atoms with Gasteiger partial charge in [-0.25, -0.2) is 9.48 Å². The van der Waals surface area contributed by atoms with Crippen LogP contribution in [0.3, 0.4) is 0 Å². The second-order valence-corrected chi connectivity index (χ2v) is 8.68. The molecule has 2 aromatic carbocycles. The van der Waals surface area contributed by atoms with E-state index in [1.807, 2.05) is 25.1 Å². The van der Waals surface area contributed by atoms with E-state index >= 15 is 0 Å². The quantitative estimate of drug-likeness (QED) is 0.246. The van der Waals surface area contributed by atoms with Crippen molar-refractivity contribution in [2.45, 2.75) is 6.92 Å². The van der Waals surface area contributed by atoms with Crippen LogP contribution in [-0.2, 0) is 4.74 Å². The molecule has 0 aliphatic heterocycles. The highest BCUT2D eigenvalue weighted by Gasteiger charge is 2.20. The number of hydrogen-bond acceptors (Lipinski definition) is 5. The average molecular weight is 480 g/mol. The number of benzene rings is 2. The maximum absolute atomic E-state index is 12.5. The number of aryl methyl sites for hydroxylation is 1. The lowest BCUT2D eigenvalue weighted by Crippen LogP contribution is -2.14. The number of halogens is 3. The van der Waals surface area contributed by atoms with Gasteiger partial charge in [-0.2, -0.15) is 5.10 Å². The maximum Gasteiger partial charge on any atom is 0.348 e. The minimum absolute atomic E-state index is 0.209. The molecule has 152 valence electrons. The van der Waals surface area contributed by atoms with Crippen LogP contribution in [0.5, 0.6) is 0 Å². The Morgan fingerprint density at radius 2 is 1.83 bits per heavy atom. The van der Waals surface area contributed by atoms with Crippen molar-refractivity contribution in [1.82, 2.24) is 9.78 Å². The Morgan fingerprint density at radius 3 is 2.57 bits per heavy atom. The summed E-state index contributed by atoms with van der Waals surface area (Å²) >= 11 is 19.4. The highest BCUT2D eigenvalue weighted by molar-refractivity contribution is 7.20. The van der Waals surface area contributed by atoms with Gasteiger partial charge in [0.2, 0.25) is 5.78 Å². The van der Waals surface area contributed by atoms with Crippen molar-refractivity contribution in [2.75, 3.05) is 6.61 Å². The van der Waals surface area contributed by atoms with E-state index in [9.17, 15) is 9.59 Å². The van der Waals surface area contributed by atoms with Gasteiger partial charge in [-0.1, -0.05) is 46.9 Å². The van der Waals surface area contributed by atoms with E-state index in [1.54, 1.807) is 22.9 Å². The number of carbonyl (C=O) groups excluding carboxylic acids is 2. The van der Waals surface area contributed by atoms with Gasteiger partial charge in [0.15, 0.2) is 6.61 Å². The summed E-state index contributed by atoms with van der Waals surface area (Å²) in [4.78, 5) is 26.0. The van der Waals surface area contributed by atoms with Crippen molar-refractivity contribution >= 4 is 68.1 Å². The van der Waals surface area contributed by atoms with Gasteiger partial charge in [0.25, 0.3) is 0 Å². The number of aromatic nitrogens is 2. The second-order valence-electron chi connectivity index (χ2n) is 6.40. The minimum atomic E-state index is -0.597. The number of carbonyl (C=O) groups is 2. The molecule has 0 aliphatic rings. The van der Waals surface area contributed by atoms with E-state index in [0.29, 0.717) is 20.6 Å². The summed E-state index contributed by atoms with van der Waals surface area (Å²) in [5.41, 5.74) is 1.71. The van der Waals surface area contributed by atoms with E-state index in [1.165, 1.54) is 23.5 Å². The van der Waals surface area contributed by atoms with Gasteiger partial charge in [-0.3, -0.25) is 4.79 Å². The van der Waals surface area contributed by atoms with Crippen LogP contribution in [0.4, 0.5) is 0 Å². The van der Waals surface area contributed by atoms with Crippen molar-refractivity contribution in [3.8, 4) is 5.69 Å². The van der Waals surface area contributed by atoms with E-state index in [2.05, 4.69) is 5.10 Å². The van der Waals surface area contributed by atoms with E-state index in [4.69, 9.17) is 39.5 Å². The molecule has 0 radical (unpaired) electrons. The fourth-order valence-electron chi connectivity index (χ4n) is 2.93. The molecule has 2 heterocycles. The summed E-state index contributed by atoms with van der Waals surface area (Å²) < 4.78 is 6.91. The molecule has 2 aromatic heterocycles. The molecule has 4 rings (SSSR count). The van der Waals surface area contributed by atoms with E-state index < -0.39 is 18.4 Å². The SMILES string of the molecule is Cc1nn(-c2ccccc2Cl)c2sc(C(=O)OCC(=O)c3ccc(Cl)cc3Cl)cc12. The normalized spacial score (nSPS) is 11.1. The lowest BCUT2D eigenvalue weighted by Gasteiger charge is -2.05. The first-order valence-electron chi connectivity index (χ1n) is 8.74. The third-order valence-corrected chi connectivity index (χ3v) is 6.35. The maximum atomic E-state index is 12.5. The van der Waals surface area contributed by atoms with Gasteiger partial charge in [0.05, 0.1) is 21.4 Å². The standard InChI is InChI=1S/C21H13Cl3N2O3S/c1-11-14-9-19(30-20(14)26(25-11)17-5-3-2-4-15(17)23)21(28)29-10-18(27)13-7-6-12(22)8-16(13)24/h2-9H,10H2,1H3. The van der Waals surface area contributed by atoms with Gasteiger partial charge in [0.1, 0.15) is 9.71 Å². The third-order valence-electron chi connectivity index (χ3n) is 4.39. The number of para-hydroxylation sites is 1. The average Bonchev–Trinajstić information content (AvgIpc) is 3.27. The summed E-state index contributed by atoms with van der Waals surface area (Å²) in [5.74, 6) is -1.01. The molecule has 0 saturated carbocycles. The van der Waals surface area contributed by atoms with Crippen LogP contribution in [0.2, 0.25) is 15.1 Å². The van der Waals surface area contributed by atoms with Gasteiger partial charge >= 0.3 is 5.97 Å². The summed E-state index contributed by atoms with van der Waals surface area (Å²) in [5, 5.41) is 6.51. The van der Waals surface area contributed by atoms with Crippen LogP contribution in [0.25, 0.3) is 15.9 Å². The molecule has 0 atom stereocenters. The van der Waals surface area contributed by atoms with Crippen LogP contribution >= 0.6 is 46.1 Å². The highest BCUT2D eigenvalue weighted by atomic mass is 35.5. The molecule has 0 unspecified atom stereocenters. The van der Waals surface area contributed by atoms with Crippen LogP contribution in [-0.4, -0.2) is 28.1 Å². The molecule has 0 bridgehead atoms. The lowest BCUT2D eigenvalue weighted by molar-refractivity contribution is 0.0479. The number of Topliss-reactive ketones (excluding diaryl/α,β-unsaturated/α-hetero) is 1. The fourth-order valence-corrected chi connectivity index (χ4v) is 4.73. The molecule has 30 heavy (non-hydrogen) atoms. The Labute approximate surface area is 190 Å². The number of thiophene rings is 1. The monoisotopic (exact) mass is 478 g/mol. The molecule has 0 fully saturated rings. The molecular weight excluding hydrogens is 467 g/mol. The zero-order valence-electron chi connectivity index (χ0n) is 15.5. The number of fused-ring (bicyclic) bond motifs is 1. The number of esters is 1. The summed E-state index contributed by atoms with van der Waals surface area (Å²) in [6, 6.07) is 13.5. The van der Waals surface area contributed by atoms with Gasteiger partial charge < -0.3 is 4.74 Å². The number of ether oxygens (including phenoxy) is 1. The van der Waals surface area contributed by atoms with Crippen molar-refractivity contribution in [1.29, 1.82) is 0 Å². The van der Waals surface area contributed by atoms with Crippen LogP contribution in [0.1, 0.15) is 25.7 Å².